The first kappa shape index (κ1) is 22.2. The van der Waals surface area contributed by atoms with E-state index in [1.807, 2.05) is 26.0 Å². The van der Waals surface area contributed by atoms with Gasteiger partial charge in [-0.3, -0.25) is 15.0 Å². The number of hydrogen-bond donors (Lipinski definition) is 3. The second-order valence-electron chi connectivity index (χ2n) is 8.25. The van der Waals surface area contributed by atoms with E-state index >= 15 is 0 Å². The topological polar surface area (TPSA) is 98.2 Å². The molecule has 3 N–H and O–H groups in total. The molecule has 2 aromatic carbocycles. The van der Waals surface area contributed by atoms with Gasteiger partial charge < -0.3 is 15.5 Å². The van der Waals surface area contributed by atoms with Crippen molar-refractivity contribution in [3.05, 3.63) is 88.6 Å². The lowest BCUT2D eigenvalue weighted by atomic mass is 10.1. The zero-order chi connectivity index (χ0) is 23.4. The average Bonchev–Trinajstić information content (AvgIpc) is 3.36. The average molecular weight is 442 g/mol. The van der Waals surface area contributed by atoms with Gasteiger partial charge in [0.15, 0.2) is 0 Å². The lowest BCUT2D eigenvalue weighted by molar-refractivity contribution is 0.102. The monoisotopic (exact) mass is 441 g/mol. The summed E-state index contributed by atoms with van der Waals surface area (Å²) in [5.74, 6) is 0.272. The van der Waals surface area contributed by atoms with Gasteiger partial charge in [-0.2, -0.15) is 0 Å². The normalized spacial score (nSPS) is 13.0. The summed E-state index contributed by atoms with van der Waals surface area (Å²) in [5.41, 5.74) is 3.84. The maximum absolute atomic E-state index is 13.0. The summed E-state index contributed by atoms with van der Waals surface area (Å²) < 4.78 is 0. The third kappa shape index (κ3) is 5.09. The number of amidine groups is 1. The van der Waals surface area contributed by atoms with Crippen LogP contribution in [0.3, 0.4) is 0 Å². The first-order valence-electron chi connectivity index (χ1n) is 11.0. The maximum Gasteiger partial charge on any atom is 0.258 e. The highest BCUT2D eigenvalue weighted by molar-refractivity contribution is 6.13. The molecule has 1 fully saturated rings. The molecule has 7 nitrogen and oxygen atoms in total. The molecule has 33 heavy (non-hydrogen) atoms. The Hall–Kier alpha value is -4.00. The minimum absolute atomic E-state index is 0.314. The summed E-state index contributed by atoms with van der Waals surface area (Å²) >= 11 is 0. The number of rotatable bonds is 5. The number of aromatic nitrogens is 1. The first-order valence-corrected chi connectivity index (χ1v) is 11.0. The molecule has 0 spiro atoms. The van der Waals surface area contributed by atoms with Crippen molar-refractivity contribution in [1.29, 1.82) is 5.41 Å². The Morgan fingerprint density at radius 2 is 1.58 bits per heavy atom. The van der Waals surface area contributed by atoms with Gasteiger partial charge in [0.1, 0.15) is 11.7 Å². The van der Waals surface area contributed by atoms with Gasteiger partial charge in [0.05, 0.1) is 11.3 Å². The number of anilines is 2. The van der Waals surface area contributed by atoms with Crippen LogP contribution in [0.4, 0.5) is 11.5 Å². The Labute approximate surface area is 193 Å². The molecule has 2 heterocycles. The zero-order valence-electron chi connectivity index (χ0n) is 18.8. The Kier molecular flexibility index (Phi) is 6.49. The van der Waals surface area contributed by atoms with Crippen LogP contribution in [0.25, 0.3) is 0 Å². The van der Waals surface area contributed by atoms with Crippen LogP contribution < -0.4 is 10.6 Å². The van der Waals surface area contributed by atoms with E-state index in [1.165, 1.54) is 0 Å². The summed E-state index contributed by atoms with van der Waals surface area (Å²) in [7, 11) is 0. The Morgan fingerprint density at radius 1 is 0.879 bits per heavy atom. The number of para-hydroxylation sites is 1. The van der Waals surface area contributed by atoms with Crippen molar-refractivity contribution in [3.8, 4) is 0 Å². The van der Waals surface area contributed by atoms with E-state index in [0.29, 0.717) is 28.5 Å². The lowest BCUT2D eigenvalue weighted by Gasteiger charge is -2.18. The van der Waals surface area contributed by atoms with Gasteiger partial charge >= 0.3 is 0 Å². The third-order valence-corrected chi connectivity index (χ3v) is 5.75. The molecule has 7 heteroatoms. The van der Waals surface area contributed by atoms with Crippen LogP contribution in [0.1, 0.15) is 50.2 Å². The number of nitrogens with one attached hydrogen (secondary N) is 3. The molecular weight excluding hydrogens is 414 g/mol. The molecule has 0 aliphatic carbocycles. The fourth-order valence-corrected chi connectivity index (χ4v) is 3.84. The van der Waals surface area contributed by atoms with Crippen LogP contribution >= 0.6 is 0 Å². The van der Waals surface area contributed by atoms with Crippen LogP contribution in [0.5, 0.6) is 0 Å². The molecule has 1 saturated heterocycles. The second-order valence-corrected chi connectivity index (χ2v) is 8.25. The lowest BCUT2D eigenvalue weighted by Crippen LogP contribution is -2.27. The van der Waals surface area contributed by atoms with Gasteiger partial charge in [-0.25, -0.2) is 4.98 Å². The van der Waals surface area contributed by atoms with Gasteiger partial charge in [-0.1, -0.05) is 30.3 Å². The van der Waals surface area contributed by atoms with E-state index < -0.39 is 0 Å². The number of benzene rings is 2. The molecule has 2 amide bonds. The van der Waals surface area contributed by atoms with E-state index in [9.17, 15) is 9.59 Å². The van der Waals surface area contributed by atoms with Crippen molar-refractivity contribution in [1.82, 2.24) is 9.88 Å². The predicted molar refractivity (Wildman–Crippen MR) is 130 cm³/mol. The molecule has 0 radical (unpaired) electrons. The van der Waals surface area contributed by atoms with Gasteiger partial charge in [0.25, 0.3) is 11.8 Å². The van der Waals surface area contributed by atoms with Crippen LogP contribution in [-0.2, 0) is 0 Å². The molecule has 168 valence electrons. The highest BCUT2D eigenvalue weighted by Gasteiger charge is 2.19. The second kappa shape index (κ2) is 9.65. The molecular formula is C26H27N5O2. The number of carbonyl (C=O) groups is 2. The SMILES string of the molecule is Cc1ccc(NC(=O)c2cccc(C)c2NC(=O)c2ccc(C(=N)N3CCCC3)cc2)nc1. The minimum atomic E-state index is -0.347. The van der Waals surface area contributed by atoms with E-state index in [2.05, 4.69) is 20.5 Å². The Morgan fingerprint density at radius 3 is 2.24 bits per heavy atom. The van der Waals surface area contributed by atoms with Gasteiger partial charge in [-0.05, 0) is 62.1 Å². The van der Waals surface area contributed by atoms with Crippen molar-refractivity contribution in [2.75, 3.05) is 23.7 Å². The Balaban J connectivity index is 1.50. The van der Waals surface area contributed by atoms with Gasteiger partial charge in [0.2, 0.25) is 0 Å². The number of aryl methyl sites for hydroxylation is 2. The number of hydrogen-bond acceptors (Lipinski definition) is 4. The fraction of sp³-hybridized carbons (Fsp3) is 0.231. The van der Waals surface area contributed by atoms with Crippen molar-refractivity contribution in [3.63, 3.8) is 0 Å². The summed E-state index contributed by atoms with van der Waals surface area (Å²) in [6, 6.07) is 15.9. The molecule has 3 aromatic rings. The van der Waals surface area contributed by atoms with Crippen molar-refractivity contribution >= 4 is 29.2 Å². The highest BCUT2D eigenvalue weighted by Crippen LogP contribution is 2.23. The summed E-state index contributed by atoms with van der Waals surface area (Å²) in [6.45, 7) is 5.57. The first-order chi connectivity index (χ1) is 15.9. The van der Waals surface area contributed by atoms with Gasteiger partial charge in [-0.15, -0.1) is 0 Å². The molecule has 1 aliphatic heterocycles. The predicted octanol–water partition coefficient (Wildman–Crippen LogP) is 4.62. The quantitative estimate of drug-likeness (QED) is 0.397. The highest BCUT2D eigenvalue weighted by atomic mass is 16.2. The summed E-state index contributed by atoms with van der Waals surface area (Å²) in [4.78, 5) is 32.1. The molecule has 1 aromatic heterocycles. The summed E-state index contributed by atoms with van der Waals surface area (Å²) in [5, 5.41) is 14.0. The molecule has 4 rings (SSSR count). The third-order valence-electron chi connectivity index (χ3n) is 5.75. The van der Waals surface area contributed by atoms with E-state index in [-0.39, 0.29) is 11.8 Å². The van der Waals surface area contributed by atoms with E-state index in [0.717, 1.165) is 42.6 Å². The van der Waals surface area contributed by atoms with Crippen LogP contribution in [0.15, 0.2) is 60.8 Å². The number of pyridine rings is 1. The van der Waals surface area contributed by atoms with Crippen molar-refractivity contribution in [2.45, 2.75) is 26.7 Å². The number of nitrogens with zero attached hydrogens (tertiary/aromatic N) is 2. The largest absolute Gasteiger partial charge is 0.357 e. The smallest absolute Gasteiger partial charge is 0.258 e. The number of likely N-dealkylation sites (tertiary alicyclic amines) is 1. The summed E-state index contributed by atoms with van der Waals surface area (Å²) in [6.07, 6.45) is 3.89. The van der Waals surface area contributed by atoms with E-state index in [4.69, 9.17) is 5.41 Å². The zero-order valence-corrected chi connectivity index (χ0v) is 18.8. The minimum Gasteiger partial charge on any atom is -0.357 e. The molecule has 0 saturated carbocycles. The fourth-order valence-electron chi connectivity index (χ4n) is 3.84. The standard InChI is InChI=1S/C26H27N5O2/c1-17-8-13-22(28-16-17)29-26(33)21-7-5-6-18(2)23(21)30-25(32)20-11-9-19(10-12-20)24(27)31-14-3-4-15-31/h5-13,16,27H,3-4,14-15H2,1-2H3,(H,30,32)(H,28,29,33). The molecule has 0 atom stereocenters. The number of amides is 2. The maximum atomic E-state index is 13.0. The number of carbonyl (C=O) groups excluding carboxylic acids is 2. The van der Waals surface area contributed by atoms with Crippen molar-refractivity contribution < 1.29 is 9.59 Å². The Bertz CT molecular complexity index is 1180. The van der Waals surface area contributed by atoms with E-state index in [1.54, 1.807) is 48.7 Å². The molecule has 1 aliphatic rings. The molecule has 0 unspecified atom stereocenters. The van der Waals surface area contributed by atoms with Crippen LogP contribution in [0.2, 0.25) is 0 Å². The van der Waals surface area contributed by atoms with Crippen LogP contribution in [0, 0.1) is 19.3 Å². The van der Waals surface area contributed by atoms with Gasteiger partial charge in [0, 0.05) is 30.4 Å². The van der Waals surface area contributed by atoms with Crippen LogP contribution in [-0.4, -0.2) is 40.6 Å². The molecule has 0 bridgehead atoms. The van der Waals surface area contributed by atoms with Crippen molar-refractivity contribution in [2.24, 2.45) is 0 Å².